The van der Waals surface area contributed by atoms with Crippen LogP contribution in [0.5, 0.6) is 0 Å². The van der Waals surface area contributed by atoms with Gasteiger partial charge in [0.15, 0.2) is 6.29 Å². The highest BCUT2D eigenvalue weighted by Crippen LogP contribution is 2.36. The highest BCUT2D eigenvalue weighted by atomic mass is 32.1. The van der Waals surface area contributed by atoms with Gasteiger partial charge in [-0.1, -0.05) is 0 Å². The number of hydrogen-bond donors (Lipinski definition) is 12. The van der Waals surface area contributed by atoms with Crippen LogP contribution in [0.1, 0.15) is 12.8 Å². The monoisotopic (exact) mass is 567 g/mol. The molecule has 36 heavy (non-hydrogen) atoms. The summed E-state index contributed by atoms with van der Waals surface area (Å²) in [6, 6.07) is -2.15. The number of carbonyl (C=O) groups is 4. The Balaban J connectivity index is 0.000000696. The Labute approximate surface area is 209 Å². The van der Waals surface area contributed by atoms with Crippen LogP contribution >= 0.6 is 20.5 Å². The maximum Gasteiger partial charge on any atom is 0.469 e. The summed E-state index contributed by atoms with van der Waals surface area (Å²) in [5.74, 6) is -3.70. The molecule has 1 aliphatic heterocycles. The fourth-order valence-corrected chi connectivity index (χ4v) is 2.99. The lowest BCUT2D eigenvalue weighted by Crippen LogP contribution is -2.58. The zero-order valence-corrected chi connectivity index (χ0v) is 20.3. The molecule has 12 N–H and O–H groups in total. The minimum Gasteiger partial charge on any atom is -0.480 e. The molecule has 0 aromatic heterocycles. The quantitative estimate of drug-likeness (QED) is 0.0773. The molecule has 0 spiro atoms. The van der Waals surface area contributed by atoms with Gasteiger partial charge in [-0.15, -0.1) is 0 Å². The average molecular weight is 567 g/mol. The molecule has 0 aliphatic carbocycles. The van der Waals surface area contributed by atoms with Crippen molar-refractivity contribution in [2.24, 2.45) is 5.73 Å². The third kappa shape index (κ3) is 13.4. The van der Waals surface area contributed by atoms with E-state index >= 15 is 0 Å². The van der Waals surface area contributed by atoms with E-state index in [4.69, 9.17) is 35.9 Å². The number of carboxylic acids is 2. The Hall–Kier alpha value is -1.90. The molecule has 3 unspecified atom stereocenters. The predicted molar refractivity (Wildman–Crippen MR) is 118 cm³/mol. The van der Waals surface area contributed by atoms with E-state index in [1.165, 1.54) is 0 Å². The van der Waals surface area contributed by atoms with Crippen molar-refractivity contribution in [3.8, 4) is 0 Å². The van der Waals surface area contributed by atoms with Crippen molar-refractivity contribution in [2.75, 3.05) is 18.9 Å². The van der Waals surface area contributed by atoms with Crippen molar-refractivity contribution in [3.63, 3.8) is 0 Å². The molecule has 1 saturated heterocycles. The Bertz CT molecular complexity index is 799. The molecule has 0 bridgehead atoms. The van der Waals surface area contributed by atoms with Crippen molar-refractivity contribution < 1.29 is 73.4 Å². The Kier molecular flexibility index (Phi) is 15.2. The summed E-state index contributed by atoms with van der Waals surface area (Å²) in [6.45, 7) is -1.30. The topological polar surface area (TPSA) is 316 Å². The van der Waals surface area contributed by atoms with E-state index in [0.717, 1.165) is 0 Å². The van der Waals surface area contributed by atoms with Gasteiger partial charge in [0.05, 0.1) is 6.61 Å². The first-order valence-electron chi connectivity index (χ1n) is 9.96. The van der Waals surface area contributed by atoms with Gasteiger partial charge in [-0.05, 0) is 6.42 Å². The molecule has 0 radical (unpaired) electrons. The third-order valence-corrected chi connectivity index (χ3v) is 5.19. The highest BCUT2D eigenvalue weighted by Gasteiger charge is 2.43. The smallest absolute Gasteiger partial charge is 0.469 e. The molecule has 2 amide bonds. The van der Waals surface area contributed by atoms with Gasteiger partial charge in [-0.3, -0.25) is 23.7 Å². The van der Waals surface area contributed by atoms with Crippen molar-refractivity contribution in [2.45, 2.75) is 55.6 Å². The first kappa shape index (κ1) is 34.1. The Morgan fingerprint density at radius 2 is 1.64 bits per heavy atom. The summed E-state index contributed by atoms with van der Waals surface area (Å²) in [5, 5.41) is 58.1. The van der Waals surface area contributed by atoms with Gasteiger partial charge in [-0.25, -0.2) is 4.57 Å². The van der Waals surface area contributed by atoms with Crippen LogP contribution in [0, 0.1) is 0 Å². The van der Waals surface area contributed by atoms with Crippen molar-refractivity contribution >= 4 is 44.2 Å². The zero-order valence-electron chi connectivity index (χ0n) is 18.5. The molecule has 0 saturated carbocycles. The number of aliphatic carboxylic acids is 2. The number of carboxylic acid groups (broad SMARTS) is 2. The van der Waals surface area contributed by atoms with Crippen molar-refractivity contribution in [3.05, 3.63) is 0 Å². The van der Waals surface area contributed by atoms with E-state index in [1.54, 1.807) is 0 Å². The third-order valence-electron chi connectivity index (χ3n) is 4.34. The van der Waals surface area contributed by atoms with E-state index in [9.17, 15) is 34.0 Å². The molecule has 0 aromatic rings. The number of carbonyl (C=O) groups excluding carboxylic acids is 2. The molecule has 1 aliphatic rings. The summed E-state index contributed by atoms with van der Waals surface area (Å²) < 4.78 is 19.0. The van der Waals surface area contributed by atoms with Crippen LogP contribution in [0.2, 0.25) is 0 Å². The molecular formula is C16H30N3O15PS. The van der Waals surface area contributed by atoms with Crippen LogP contribution in [-0.2, 0) is 33.0 Å². The predicted octanol–water partition coefficient (Wildman–Crippen LogP) is -5.31. The van der Waals surface area contributed by atoms with Gasteiger partial charge in [0, 0.05) is 12.2 Å². The number of rotatable bonds is 12. The number of phosphoric ester groups is 1. The summed E-state index contributed by atoms with van der Waals surface area (Å²) in [6.07, 6.45) is -8.34. The van der Waals surface area contributed by atoms with E-state index in [-0.39, 0.29) is 18.6 Å². The molecule has 18 nitrogen and oxygen atoms in total. The van der Waals surface area contributed by atoms with E-state index in [0.29, 0.717) is 0 Å². The maximum atomic E-state index is 11.5. The van der Waals surface area contributed by atoms with Gasteiger partial charge < -0.3 is 61.5 Å². The molecule has 7 atom stereocenters. The number of amides is 2. The summed E-state index contributed by atoms with van der Waals surface area (Å²) >= 11 is 3.87. The second-order valence-corrected chi connectivity index (χ2v) is 8.83. The van der Waals surface area contributed by atoms with Gasteiger partial charge in [-0.2, -0.15) is 12.6 Å². The highest BCUT2D eigenvalue weighted by molar-refractivity contribution is 7.80. The fourth-order valence-electron chi connectivity index (χ4n) is 2.40. The average Bonchev–Trinajstić information content (AvgIpc) is 2.79. The number of phosphoric acid groups is 1. The number of thiol groups is 1. The summed E-state index contributed by atoms with van der Waals surface area (Å²) in [7, 11) is -4.73. The molecule has 1 heterocycles. The Morgan fingerprint density at radius 1 is 1.06 bits per heavy atom. The second kappa shape index (κ2) is 16.0. The van der Waals surface area contributed by atoms with Gasteiger partial charge >= 0.3 is 19.8 Å². The Morgan fingerprint density at radius 3 is 2.11 bits per heavy atom. The molecule has 1 fully saturated rings. The van der Waals surface area contributed by atoms with Crippen LogP contribution in [0.4, 0.5) is 0 Å². The van der Waals surface area contributed by atoms with Crippen LogP contribution in [0.15, 0.2) is 0 Å². The van der Waals surface area contributed by atoms with Crippen LogP contribution < -0.4 is 16.4 Å². The minimum absolute atomic E-state index is 0.0256. The van der Waals surface area contributed by atoms with Gasteiger partial charge in [0.2, 0.25) is 11.8 Å². The molecule has 210 valence electrons. The fraction of sp³-hybridized carbons (Fsp3) is 0.750. The van der Waals surface area contributed by atoms with Crippen molar-refractivity contribution in [1.29, 1.82) is 0 Å². The normalized spacial score (nSPS) is 25.5. The van der Waals surface area contributed by atoms with Crippen molar-refractivity contribution in [1.82, 2.24) is 10.6 Å². The van der Waals surface area contributed by atoms with Gasteiger partial charge in [0.1, 0.15) is 43.0 Å². The van der Waals surface area contributed by atoms with E-state index < -0.39 is 87.5 Å². The lowest BCUT2D eigenvalue weighted by Gasteiger charge is -2.38. The minimum atomic E-state index is -4.73. The number of nitrogens with two attached hydrogens (primary N) is 1. The zero-order chi connectivity index (χ0) is 28.2. The number of hydrogen-bond acceptors (Lipinski definition) is 13. The first-order valence-corrected chi connectivity index (χ1v) is 12.1. The van der Waals surface area contributed by atoms with Gasteiger partial charge in [0.25, 0.3) is 0 Å². The SMILES string of the molecule is NC(CCC(=O)NC(CS)C(=O)NCC(=O)O)C(=O)O.O=P(O)(O)OC[C@H]1OC(O)[C@H](O)[C@@H](O)[C@@H]1O. The number of nitrogens with one attached hydrogen (secondary N) is 2. The molecular weight excluding hydrogens is 537 g/mol. The van der Waals surface area contributed by atoms with Crippen LogP contribution in [0.3, 0.4) is 0 Å². The number of aliphatic hydroxyl groups excluding tert-OH is 4. The van der Waals surface area contributed by atoms with Crippen LogP contribution in [0.25, 0.3) is 0 Å². The molecule has 0 aromatic carbocycles. The number of ether oxygens (including phenoxy) is 1. The standard InChI is InChI=1S/C10H17N3O6S.C6H13O9P/c11-5(10(18)19)1-2-7(14)13-6(4-20)9(17)12-3-8(15)16;7-3-2(1-14-16(11,12)13)15-6(10)5(9)4(3)8/h5-6,20H,1-4,11H2,(H,12,17)(H,13,14)(H,15,16)(H,18,19);2-10H,1H2,(H2,11,12,13)/t;2-,3-,4+,5-,6?/m.1/s1. The molecule has 20 heteroatoms. The lowest BCUT2D eigenvalue weighted by molar-refractivity contribution is -0.285. The van der Waals surface area contributed by atoms with Crippen LogP contribution in [-0.4, -0.2) is 126 Å². The second-order valence-electron chi connectivity index (χ2n) is 7.22. The number of aliphatic hydroxyl groups is 4. The molecule has 1 rings (SSSR count). The lowest BCUT2D eigenvalue weighted by atomic mass is 10.00. The first-order chi connectivity index (χ1) is 16.5. The van der Waals surface area contributed by atoms with E-state index in [1.807, 2.05) is 0 Å². The largest absolute Gasteiger partial charge is 0.480 e. The van der Waals surface area contributed by atoms with E-state index in [2.05, 4.69) is 32.5 Å². The maximum absolute atomic E-state index is 11.5. The summed E-state index contributed by atoms with van der Waals surface area (Å²) in [5.41, 5.74) is 5.23. The summed E-state index contributed by atoms with van der Waals surface area (Å²) in [4.78, 5) is 60.5.